The van der Waals surface area contributed by atoms with Gasteiger partial charge in [-0.1, -0.05) is 6.92 Å². The summed E-state index contributed by atoms with van der Waals surface area (Å²) in [5.74, 6) is 0.157. The van der Waals surface area contributed by atoms with Crippen LogP contribution in [0.5, 0.6) is 0 Å². The topological polar surface area (TPSA) is 58.6 Å². The Hall–Kier alpha value is -0.170. The maximum Gasteiger partial charge on any atom is 0.215 e. The van der Waals surface area contributed by atoms with Crippen LogP contribution in [0, 0.1) is 0 Å². The summed E-state index contributed by atoms with van der Waals surface area (Å²) in [5.41, 5.74) is -0.427. The van der Waals surface area contributed by atoms with Gasteiger partial charge in [-0.05, 0) is 20.4 Å². The Labute approximate surface area is 98.2 Å². The SMILES string of the molecule is CCNCCS(=O)(=O)N1CCOCC1(C)C. The molecule has 0 aromatic carbocycles. The van der Waals surface area contributed by atoms with Gasteiger partial charge in [-0.3, -0.25) is 0 Å². The van der Waals surface area contributed by atoms with E-state index in [0.29, 0.717) is 26.3 Å². The molecule has 1 fully saturated rings. The van der Waals surface area contributed by atoms with Crippen molar-refractivity contribution in [1.82, 2.24) is 9.62 Å². The highest BCUT2D eigenvalue weighted by Gasteiger charge is 2.38. The van der Waals surface area contributed by atoms with Crippen molar-refractivity contribution in [2.75, 3.05) is 38.6 Å². The van der Waals surface area contributed by atoms with Gasteiger partial charge in [0.25, 0.3) is 0 Å². The highest BCUT2D eigenvalue weighted by molar-refractivity contribution is 7.89. The first-order valence-corrected chi connectivity index (χ1v) is 7.30. The standard InChI is InChI=1S/C10H22N2O3S/c1-4-11-5-8-16(13,14)12-6-7-15-9-10(12,2)3/h11H,4-9H2,1-3H3. The molecule has 1 saturated heterocycles. The number of rotatable bonds is 5. The number of nitrogens with one attached hydrogen (secondary N) is 1. The summed E-state index contributed by atoms with van der Waals surface area (Å²) >= 11 is 0. The monoisotopic (exact) mass is 250 g/mol. The lowest BCUT2D eigenvalue weighted by Gasteiger charge is -2.40. The summed E-state index contributed by atoms with van der Waals surface area (Å²) in [6, 6.07) is 0. The van der Waals surface area contributed by atoms with Crippen molar-refractivity contribution in [1.29, 1.82) is 0 Å². The molecule has 1 aliphatic heterocycles. The number of sulfonamides is 1. The fraction of sp³-hybridized carbons (Fsp3) is 1.00. The van der Waals surface area contributed by atoms with E-state index in [9.17, 15) is 8.42 Å². The third kappa shape index (κ3) is 3.41. The average Bonchev–Trinajstić information content (AvgIpc) is 2.16. The van der Waals surface area contributed by atoms with Crippen molar-refractivity contribution < 1.29 is 13.2 Å². The summed E-state index contributed by atoms with van der Waals surface area (Å²) in [4.78, 5) is 0. The van der Waals surface area contributed by atoms with E-state index < -0.39 is 15.6 Å². The zero-order valence-corrected chi connectivity index (χ0v) is 11.1. The summed E-state index contributed by atoms with van der Waals surface area (Å²) < 4.78 is 31.1. The maximum atomic E-state index is 12.1. The smallest absolute Gasteiger partial charge is 0.215 e. The van der Waals surface area contributed by atoms with E-state index in [1.54, 1.807) is 4.31 Å². The molecule has 5 nitrogen and oxygen atoms in total. The summed E-state index contributed by atoms with van der Waals surface area (Å²) in [6.07, 6.45) is 0. The zero-order valence-electron chi connectivity index (χ0n) is 10.3. The van der Waals surface area contributed by atoms with E-state index in [1.807, 2.05) is 20.8 Å². The van der Waals surface area contributed by atoms with Crippen molar-refractivity contribution in [2.45, 2.75) is 26.3 Å². The average molecular weight is 250 g/mol. The molecule has 16 heavy (non-hydrogen) atoms. The molecule has 0 atom stereocenters. The number of hydrogen-bond donors (Lipinski definition) is 1. The largest absolute Gasteiger partial charge is 0.378 e. The second-order valence-electron chi connectivity index (χ2n) is 4.61. The fourth-order valence-corrected chi connectivity index (χ4v) is 3.63. The first-order chi connectivity index (χ1) is 7.40. The third-order valence-electron chi connectivity index (χ3n) is 2.69. The highest BCUT2D eigenvalue weighted by Crippen LogP contribution is 2.22. The molecule has 0 amide bonds. The van der Waals surface area contributed by atoms with Crippen LogP contribution < -0.4 is 5.32 Å². The second-order valence-corrected chi connectivity index (χ2v) is 6.62. The van der Waals surface area contributed by atoms with E-state index >= 15 is 0 Å². The second kappa shape index (κ2) is 5.44. The Kier molecular flexibility index (Phi) is 4.73. The minimum absolute atomic E-state index is 0.157. The molecule has 0 spiro atoms. The van der Waals surface area contributed by atoms with Crippen LogP contribution in [-0.4, -0.2) is 56.9 Å². The normalized spacial score (nSPS) is 22.2. The van der Waals surface area contributed by atoms with Gasteiger partial charge in [-0.2, -0.15) is 4.31 Å². The van der Waals surface area contributed by atoms with Gasteiger partial charge in [0.1, 0.15) is 0 Å². The van der Waals surface area contributed by atoms with Crippen LogP contribution in [-0.2, 0) is 14.8 Å². The van der Waals surface area contributed by atoms with Gasteiger partial charge >= 0.3 is 0 Å². The zero-order chi connectivity index (χ0) is 12.2. The predicted octanol–water partition coefficient (Wildman–Crippen LogP) is 0.0365. The van der Waals surface area contributed by atoms with Crippen molar-refractivity contribution >= 4 is 10.0 Å². The minimum atomic E-state index is -3.17. The number of morpholine rings is 1. The number of nitrogens with zero attached hydrogens (tertiary/aromatic N) is 1. The third-order valence-corrected chi connectivity index (χ3v) is 4.76. The van der Waals surface area contributed by atoms with Gasteiger partial charge in [0.15, 0.2) is 0 Å². The molecule has 1 rings (SSSR count). The van der Waals surface area contributed by atoms with Crippen LogP contribution in [0.1, 0.15) is 20.8 Å². The van der Waals surface area contributed by atoms with E-state index in [2.05, 4.69) is 5.32 Å². The quantitative estimate of drug-likeness (QED) is 0.700. The Bertz CT molecular complexity index is 314. The number of ether oxygens (including phenoxy) is 1. The van der Waals surface area contributed by atoms with Gasteiger partial charge < -0.3 is 10.1 Å². The molecule has 0 saturated carbocycles. The molecule has 0 aromatic heterocycles. The lowest BCUT2D eigenvalue weighted by molar-refractivity contribution is -0.00766. The van der Waals surface area contributed by atoms with Crippen LogP contribution >= 0.6 is 0 Å². The Morgan fingerprint density at radius 3 is 2.69 bits per heavy atom. The molecule has 1 heterocycles. The molecule has 1 aliphatic rings. The first kappa shape index (κ1) is 13.9. The van der Waals surface area contributed by atoms with Crippen molar-refractivity contribution in [3.8, 4) is 0 Å². The first-order valence-electron chi connectivity index (χ1n) is 5.69. The lowest BCUT2D eigenvalue weighted by Crippen LogP contribution is -2.56. The van der Waals surface area contributed by atoms with Gasteiger partial charge in [0.05, 0.1) is 24.5 Å². The summed E-state index contributed by atoms with van der Waals surface area (Å²) in [5, 5.41) is 3.03. The molecule has 0 bridgehead atoms. The van der Waals surface area contributed by atoms with E-state index in [1.165, 1.54) is 0 Å². The Morgan fingerprint density at radius 1 is 1.44 bits per heavy atom. The fourth-order valence-electron chi connectivity index (χ4n) is 1.85. The molecule has 96 valence electrons. The van der Waals surface area contributed by atoms with Crippen LogP contribution in [0.15, 0.2) is 0 Å². The molecular weight excluding hydrogens is 228 g/mol. The highest BCUT2D eigenvalue weighted by atomic mass is 32.2. The number of hydrogen-bond acceptors (Lipinski definition) is 4. The molecule has 6 heteroatoms. The molecule has 0 aliphatic carbocycles. The van der Waals surface area contributed by atoms with E-state index in [-0.39, 0.29) is 5.75 Å². The van der Waals surface area contributed by atoms with Crippen LogP contribution in [0.25, 0.3) is 0 Å². The van der Waals surface area contributed by atoms with Crippen LogP contribution in [0.3, 0.4) is 0 Å². The Balaban J connectivity index is 2.66. The van der Waals surface area contributed by atoms with Crippen molar-refractivity contribution in [3.05, 3.63) is 0 Å². The van der Waals surface area contributed by atoms with Gasteiger partial charge in [0.2, 0.25) is 10.0 Å². The maximum absolute atomic E-state index is 12.1. The van der Waals surface area contributed by atoms with Crippen molar-refractivity contribution in [2.24, 2.45) is 0 Å². The van der Waals surface area contributed by atoms with E-state index in [4.69, 9.17) is 4.74 Å². The molecular formula is C10H22N2O3S. The predicted molar refractivity (Wildman–Crippen MR) is 63.9 cm³/mol. The molecule has 1 N–H and O–H groups in total. The Morgan fingerprint density at radius 2 is 2.12 bits per heavy atom. The molecule has 0 unspecified atom stereocenters. The van der Waals surface area contributed by atoms with Crippen LogP contribution in [0.4, 0.5) is 0 Å². The van der Waals surface area contributed by atoms with Crippen LogP contribution in [0.2, 0.25) is 0 Å². The summed E-state index contributed by atoms with van der Waals surface area (Å²) in [7, 11) is -3.17. The lowest BCUT2D eigenvalue weighted by atomic mass is 10.1. The van der Waals surface area contributed by atoms with Gasteiger partial charge in [-0.15, -0.1) is 0 Å². The summed E-state index contributed by atoms with van der Waals surface area (Å²) in [6.45, 7) is 8.48. The van der Waals surface area contributed by atoms with E-state index in [0.717, 1.165) is 6.54 Å². The van der Waals surface area contributed by atoms with Gasteiger partial charge in [-0.25, -0.2) is 8.42 Å². The molecule has 0 radical (unpaired) electrons. The van der Waals surface area contributed by atoms with Crippen molar-refractivity contribution in [3.63, 3.8) is 0 Å². The van der Waals surface area contributed by atoms with Gasteiger partial charge in [0, 0.05) is 13.1 Å². The minimum Gasteiger partial charge on any atom is -0.378 e. The molecule has 0 aromatic rings.